The minimum Gasteiger partial charge on any atom is -0.341 e. The summed E-state index contributed by atoms with van der Waals surface area (Å²) >= 11 is 0. The van der Waals surface area contributed by atoms with Crippen LogP contribution in [0.2, 0.25) is 0 Å². The van der Waals surface area contributed by atoms with Crippen LogP contribution in [0.25, 0.3) is 0 Å². The van der Waals surface area contributed by atoms with Crippen LogP contribution in [0.1, 0.15) is 13.8 Å². The molecule has 2 aromatic rings. The zero-order valence-corrected chi connectivity index (χ0v) is 13.1. The molecule has 1 saturated heterocycles. The Morgan fingerprint density at radius 2 is 1.32 bits per heavy atom. The van der Waals surface area contributed by atoms with Crippen molar-refractivity contribution in [3.8, 4) is 0 Å². The summed E-state index contributed by atoms with van der Waals surface area (Å²) in [4.78, 5) is 7.02. The molecule has 0 saturated carbocycles. The van der Waals surface area contributed by atoms with Crippen molar-refractivity contribution in [2.75, 3.05) is 29.8 Å². The van der Waals surface area contributed by atoms with Gasteiger partial charge in [-0.25, -0.2) is 4.39 Å². The molecule has 0 amide bonds. The van der Waals surface area contributed by atoms with Crippen molar-refractivity contribution in [1.29, 1.82) is 0 Å². The normalized spacial score (nSPS) is 16.4. The molecule has 2 aromatic carbocycles. The number of benzene rings is 2. The van der Waals surface area contributed by atoms with Gasteiger partial charge in [-0.15, -0.1) is 0 Å². The molecule has 116 valence electrons. The molecule has 3 rings (SSSR count). The van der Waals surface area contributed by atoms with Gasteiger partial charge in [0.05, 0.1) is 20.0 Å². The molecule has 0 unspecified atom stereocenters. The number of hydrogen-bond acceptors (Lipinski definition) is 3. The van der Waals surface area contributed by atoms with E-state index in [0.717, 1.165) is 25.7 Å². The van der Waals surface area contributed by atoms with Crippen LogP contribution in [-0.4, -0.2) is 30.9 Å². The first-order valence-corrected chi connectivity index (χ1v) is 7.68. The van der Waals surface area contributed by atoms with Gasteiger partial charge in [0.2, 0.25) is 0 Å². The summed E-state index contributed by atoms with van der Waals surface area (Å²) in [5.41, 5.74) is 2.26. The van der Waals surface area contributed by atoms with Gasteiger partial charge in [0.25, 0.3) is 0 Å². The summed E-state index contributed by atoms with van der Waals surface area (Å²) in [5.74, 6) is -0.193. The highest BCUT2D eigenvalue weighted by atomic mass is 19.1. The molecule has 4 heteroatoms. The van der Waals surface area contributed by atoms with E-state index in [0.29, 0.717) is 6.04 Å². The molecule has 0 aromatic heterocycles. The first-order valence-electron chi connectivity index (χ1n) is 7.68. The van der Waals surface area contributed by atoms with Gasteiger partial charge in [-0.1, -0.05) is 18.2 Å². The van der Waals surface area contributed by atoms with E-state index < -0.39 is 0 Å². The molecule has 1 aliphatic heterocycles. The zero-order chi connectivity index (χ0) is 15.5. The highest BCUT2D eigenvalue weighted by Gasteiger charge is 2.25. The number of nitrogens with zero attached hydrogens (tertiary/aromatic N) is 3. The monoisotopic (exact) mass is 299 g/mol. The molecule has 1 fully saturated rings. The minimum absolute atomic E-state index is 0.193. The fraction of sp³-hybridized carbons (Fsp3) is 0.333. The van der Waals surface area contributed by atoms with Gasteiger partial charge in [-0.05, 0) is 50.2 Å². The summed E-state index contributed by atoms with van der Waals surface area (Å²) in [7, 11) is 0. The summed E-state index contributed by atoms with van der Waals surface area (Å²) in [6.07, 6.45) is 0. The highest BCUT2D eigenvalue weighted by Crippen LogP contribution is 2.24. The first-order chi connectivity index (χ1) is 10.6. The Morgan fingerprint density at radius 1 is 0.773 bits per heavy atom. The van der Waals surface area contributed by atoms with Gasteiger partial charge in [0, 0.05) is 17.4 Å². The van der Waals surface area contributed by atoms with Crippen molar-refractivity contribution in [2.24, 2.45) is 0 Å². The predicted octanol–water partition coefficient (Wildman–Crippen LogP) is 3.74. The predicted molar refractivity (Wildman–Crippen MR) is 89.4 cm³/mol. The average molecular weight is 299 g/mol. The molecule has 3 nitrogen and oxygen atoms in total. The summed E-state index contributed by atoms with van der Waals surface area (Å²) in [5, 5.41) is 0. The third-order valence-corrected chi connectivity index (χ3v) is 4.09. The summed E-state index contributed by atoms with van der Waals surface area (Å²) in [6.45, 7) is 6.97. The van der Waals surface area contributed by atoms with E-state index in [-0.39, 0.29) is 5.82 Å². The number of para-hydroxylation sites is 1. The number of hydrogen-bond donors (Lipinski definition) is 0. The first kappa shape index (κ1) is 14.9. The molecule has 0 radical (unpaired) electrons. The van der Waals surface area contributed by atoms with Crippen LogP contribution in [0.3, 0.4) is 0 Å². The van der Waals surface area contributed by atoms with Crippen LogP contribution in [0.4, 0.5) is 15.8 Å². The Kier molecular flexibility index (Phi) is 4.29. The van der Waals surface area contributed by atoms with Gasteiger partial charge in [0.15, 0.2) is 0 Å². The van der Waals surface area contributed by atoms with Gasteiger partial charge >= 0.3 is 0 Å². The van der Waals surface area contributed by atoms with E-state index in [1.54, 1.807) is 0 Å². The summed E-state index contributed by atoms with van der Waals surface area (Å²) in [6, 6.07) is 17.6. The fourth-order valence-electron chi connectivity index (χ4n) is 2.72. The van der Waals surface area contributed by atoms with E-state index in [1.165, 1.54) is 17.8 Å². The van der Waals surface area contributed by atoms with Crippen molar-refractivity contribution in [1.82, 2.24) is 4.90 Å². The van der Waals surface area contributed by atoms with Crippen LogP contribution >= 0.6 is 0 Å². The topological polar surface area (TPSA) is 9.72 Å². The van der Waals surface area contributed by atoms with Gasteiger partial charge < -0.3 is 9.80 Å². The van der Waals surface area contributed by atoms with Crippen LogP contribution < -0.4 is 9.80 Å². The van der Waals surface area contributed by atoms with Crippen LogP contribution in [0.5, 0.6) is 0 Å². The van der Waals surface area contributed by atoms with E-state index in [2.05, 4.69) is 52.8 Å². The lowest BCUT2D eigenvalue weighted by Crippen LogP contribution is -2.57. The Labute approximate surface area is 131 Å². The van der Waals surface area contributed by atoms with Crippen molar-refractivity contribution in [2.45, 2.75) is 19.9 Å². The Balaban J connectivity index is 1.85. The van der Waals surface area contributed by atoms with Crippen LogP contribution in [0, 0.1) is 5.82 Å². The SMILES string of the molecule is CC(C)N1CN(c2ccccc2)CN(c2ccc(F)cc2)C1. The Morgan fingerprint density at radius 3 is 1.86 bits per heavy atom. The smallest absolute Gasteiger partial charge is 0.123 e. The maximum Gasteiger partial charge on any atom is 0.123 e. The molecule has 0 aliphatic carbocycles. The highest BCUT2D eigenvalue weighted by molar-refractivity contribution is 5.52. The third-order valence-electron chi connectivity index (χ3n) is 4.09. The maximum absolute atomic E-state index is 13.2. The van der Waals surface area contributed by atoms with E-state index >= 15 is 0 Å². The van der Waals surface area contributed by atoms with Gasteiger partial charge in [0.1, 0.15) is 5.82 Å². The number of anilines is 2. The lowest BCUT2D eigenvalue weighted by atomic mass is 10.2. The quantitative estimate of drug-likeness (QED) is 0.855. The second kappa shape index (κ2) is 6.36. The Bertz CT molecular complexity index is 597. The molecule has 1 heterocycles. The van der Waals surface area contributed by atoms with Crippen molar-refractivity contribution in [3.63, 3.8) is 0 Å². The number of rotatable bonds is 3. The third kappa shape index (κ3) is 3.22. The zero-order valence-electron chi connectivity index (χ0n) is 13.1. The molecule has 1 aliphatic rings. The maximum atomic E-state index is 13.2. The van der Waals surface area contributed by atoms with Gasteiger partial charge in [-0.3, -0.25) is 4.90 Å². The van der Waals surface area contributed by atoms with Crippen LogP contribution in [-0.2, 0) is 0 Å². The molecular formula is C18H22FN3. The van der Waals surface area contributed by atoms with Crippen molar-refractivity contribution < 1.29 is 4.39 Å². The average Bonchev–Trinajstić information content (AvgIpc) is 2.56. The lowest BCUT2D eigenvalue weighted by molar-refractivity contribution is 0.196. The summed E-state index contributed by atoms with van der Waals surface area (Å²) < 4.78 is 13.2. The Hall–Kier alpha value is -2.07. The molecule has 22 heavy (non-hydrogen) atoms. The molecule has 0 spiro atoms. The largest absolute Gasteiger partial charge is 0.341 e. The van der Waals surface area contributed by atoms with Gasteiger partial charge in [-0.2, -0.15) is 0 Å². The van der Waals surface area contributed by atoms with Crippen molar-refractivity contribution >= 4 is 11.4 Å². The molecule has 0 bridgehead atoms. The minimum atomic E-state index is -0.193. The lowest BCUT2D eigenvalue weighted by Gasteiger charge is -2.46. The van der Waals surface area contributed by atoms with E-state index in [1.807, 2.05) is 18.2 Å². The fourth-order valence-corrected chi connectivity index (χ4v) is 2.72. The second-order valence-corrected chi connectivity index (χ2v) is 6.00. The van der Waals surface area contributed by atoms with Crippen molar-refractivity contribution in [3.05, 3.63) is 60.4 Å². The van der Waals surface area contributed by atoms with E-state index in [4.69, 9.17) is 0 Å². The molecular weight excluding hydrogens is 277 g/mol. The van der Waals surface area contributed by atoms with E-state index in [9.17, 15) is 4.39 Å². The molecule has 0 atom stereocenters. The second-order valence-electron chi connectivity index (χ2n) is 6.00. The van der Waals surface area contributed by atoms with Crippen LogP contribution in [0.15, 0.2) is 54.6 Å². The number of halogens is 1. The standard InChI is InChI=1S/C18H22FN3/c1-15(2)20-12-21(17-6-4-3-5-7-17)14-22(13-20)18-10-8-16(19)9-11-18/h3-11,15H,12-14H2,1-2H3. The molecule has 0 N–H and O–H groups in total.